The third-order valence-corrected chi connectivity index (χ3v) is 5.19. The third-order valence-electron chi connectivity index (χ3n) is 5.19. The molecule has 3 aliphatic carbocycles. The summed E-state index contributed by atoms with van der Waals surface area (Å²) in [4.78, 5) is 0. The van der Waals surface area contributed by atoms with Crippen LogP contribution in [0.2, 0.25) is 0 Å². The Morgan fingerprint density at radius 2 is 1.57 bits per heavy atom. The van der Waals surface area contributed by atoms with E-state index in [0.29, 0.717) is 6.04 Å². The summed E-state index contributed by atoms with van der Waals surface area (Å²) < 4.78 is 0. The minimum Gasteiger partial charge on any atom is -0.311 e. The van der Waals surface area contributed by atoms with Gasteiger partial charge >= 0.3 is 0 Å². The van der Waals surface area contributed by atoms with Crippen molar-refractivity contribution < 1.29 is 0 Å². The number of hydrogen-bond acceptors (Lipinski definition) is 1. The molecule has 0 heterocycles. The Morgan fingerprint density at radius 1 is 1.00 bits per heavy atom. The van der Waals surface area contributed by atoms with Gasteiger partial charge in [0.2, 0.25) is 0 Å². The van der Waals surface area contributed by atoms with Gasteiger partial charge in [-0.25, -0.2) is 0 Å². The van der Waals surface area contributed by atoms with E-state index in [2.05, 4.69) is 26.1 Å². The monoisotopic (exact) mass is 193 g/mol. The highest BCUT2D eigenvalue weighted by molar-refractivity contribution is 5.17. The van der Waals surface area contributed by atoms with Crippen molar-refractivity contribution in [3.63, 3.8) is 0 Å². The molecule has 1 nitrogen and oxygen atoms in total. The van der Waals surface area contributed by atoms with Crippen LogP contribution in [-0.2, 0) is 0 Å². The maximum absolute atomic E-state index is 3.86. The van der Waals surface area contributed by atoms with Gasteiger partial charge in [-0.2, -0.15) is 0 Å². The van der Waals surface area contributed by atoms with Gasteiger partial charge in [-0.15, -0.1) is 0 Å². The Bertz CT molecular complexity index is 219. The van der Waals surface area contributed by atoms with Crippen LogP contribution in [0.25, 0.3) is 0 Å². The predicted molar refractivity (Wildman–Crippen MR) is 59.0 cm³/mol. The molecule has 3 rings (SSSR count). The normalized spacial score (nSPS) is 51.0. The molecule has 0 spiro atoms. The van der Waals surface area contributed by atoms with Gasteiger partial charge in [-0.3, -0.25) is 0 Å². The second kappa shape index (κ2) is 2.98. The molecule has 80 valence electrons. The molecule has 0 aromatic heterocycles. The Balaban J connectivity index is 1.59. The molecule has 0 aliphatic heterocycles. The summed E-state index contributed by atoms with van der Waals surface area (Å²) in [5.41, 5.74) is 0. The van der Waals surface area contributed by atoms with Crippen molar-refractivity contribution in [2.75, 3.05) is 0 Å². The van der Waals surface area contributed by atoms with Gasteiger partial charge in [-0.05, 0) is 55.8 Å². The molecule has 2 bridgehead atoms. The first-order valence-electron chi connectivity index (χ1n) is 6.44. The molecule has 1 heteroatoms. The summed E-state index contributed by atoms with van der Waals surface area (Å²) in [5, 5.41) is 3.86. The van der Waals surface area contributed by atoms with Crippen LogP contribution >= 0.6 is 0 Å². The van der Waals surface area contributed by atoms with Crippen LogP contribution in [0.1, 0.15) is 40.0 Å². The zero-order chi connectivity index (χ0) is 9.87. The maximum Gasteiger partial charge on any atom is 0.0138 e. The summed E-state index contributed by atoms with van der Waals surface area (Å²) >= 11 is 0. The minimum atomic E-state index is 0.713. The topological polar surface area (TPSA) is 12.0 Å². The first-order valence-corrected chi connectivity index (χ1v) is 6.44. The molecule has 3 saturated carbocycles. The highest BCUT2D eigenvalue weighted by Crippen LogP contribution is 2.65. The lowest BCUT2D eigenvalue weighted by Gasteiger charge is -2.19. The lowest BCUT2D eigenvalue weighted by molar-refractivity contribution is 0.374. The minimum absolute atomic E-state index is 0.713. The molecule has 0 saturated heterocycles. The van der Waals surface area contributed by atoms with Gasteiger partial charge < -0.3 is 5.32 Å². The van der Waals surface area contributed by atoms with Crippen molar-refractivity contribution in [1.29, 1.82) is 0 Å². The summed E-state index contributed by atoms with van der Waals surface area (Å²) in [5.74, 6) is 5.20. The van der Waals surface area contributed by atoms with E-state index in [-0.39, 0.29) is 0 Å². The Kier molecular flexibility index (Phi) is 1.96. The first kappa shape index (κ1) is 9.21. The maximum atomic E-state index is 3.86. The van der Waals surface area contributed by atoms with Crippen LogP contribution < -0.4 is 5.32 Å². The zero-order valence-corrected chi connectivity index (χ0v) is 9.66. The van der Waals surface area contributed by atoms with Gasteiger partial charge in [-0.1, -0.05) is 13.8 Å². The molecule has 14 heavy (non-hydrogen) atoms. The Labute approximate surface area is 87.7 Å². The van der Waals surface area contributed by atoms with Gasteiger partial charge in [0.15, 0.2) is 0 Å². The molecular weight excluding hydrogens is 170 g/mol. The highest BCUT2D eigenvalue weighted by Gasteiger charge is 2.64. The van der Waals surface area contributed by atoms with Gasteiger partial charge in [0.05, 0.1) is 0 Å². The lowest BCUT2D eigenvalue weighted by atomic mass is 10.0. The molecule has 5 atom stereocenters. The van der Waals surface area contributed by atoms with Crippen LogP contribution in [0.15, 0.2) is 0 Å². The summed E-state index contributed by atoms with van der Waals surface area (Å²) in [7, 11) is 0. The van der Waals surface area contributed by atoms with E-state index in [0.717, 1.165) is 35.6 Å². The fraction of sp³-hybridized carbons (Fsp3) is 1.00. The first-order chi connectivity index (χ1) is 6.68. The van der Waals surface area contributed by atoms with Crippen molar-refractivity contribution in [2.24, 2.45) is 29.6 Å². The number of nitrogens with one attached hydrogen (secondary N) is 1. The van der Waals surface area contributed by atoms with Crippen molar-refractivity contribution in [3.05, 3.63) is 0 Å². The van der Waals surface area contributed by atoms with E-state index >= 15 is 0 Å². The fourth-order valence-electron chi connectivity index (χ4n) is 4.04. The summed E-state index contributed by atoms with van der Waals surface area (Å²) in [6, 6.07) is 1.63. The third kappa shape index (κ3) is 1.18. The van der Waals surface area contributed by atoms with Crippen molar-refractivity contribution in [1.82, 2.24) is 5.32 Å². The van der Waals surface area contributed by atoms with E-state index in [1.54, 1.807) is 19.3 Å². The van der Waals surface area contributed by atoms with Crippen LogP contribution in [0.4, 0.5) is 0 Å². The largest absolute Gasteiger partial charge is 0.311 e. The van der Waals surface area contributed by atoms with E-state index in [1.165, 1.54) is 0 Å². The lowest BCUT2D eigenvalue weighted by Crippen LogP contribution is -2.35. The highest BCUT2D eigenvalue weighted by atomic mass is 15.0. The molecule has 3 fully saturated rings. The average molecular weight is 193 g/mol. The van der Waals surface area contributed by atoms with Crippen LogP contribution in [0.3, 0.4) is 0 Å². The smallest absolute Gasteiger partial charge is 0.0138 e. The Hall–Kier alpha value is -0.0400. The molecule has 0 aromatic rings. The molecule has 1 N–H and O–H groups in total. The molecule has 0 amide bonds. The van der Waals surface area contributed by atoms with Gasteiger partial charge in [0.25, 0.3) is 0 Å². The number of rotatable bonds is 3. The second-order valence-electron chi connectivity index (χ2n) is 6.21. The van der Waals surface area contributed by atoms with Gasteiger partial charge in [0.1, 0.15) is 0 Å². The second-order valence-corrected chi connectivity index (χ2v) is 6.21. The molecular formula is C13H23N. The van der Waals surface area contributed by atoms with Gasteiger partial charge in [0, 0.05) is 12.1 Å². The molecule has 5 unspecified atom stereocenters. The standard InChI is InChI=1S/C13H23N/c1-7(2)8(3)14-13-11-9-4-5-10(6-9)12(11)13/h7-14H,4-6H2,1-3H3. The SMILES string of the molecule is CC(C)C(C)NC1C2C3CCC(C3)C12. The van der Waals surface area contributed by atoms with Crippen molar-refractivity contribution >= 4 is 0 Å². The van der Waals surface area contributed by atoms with Crippen LogP contribution in [-0.4, -0.2) is 12.1 Å². The quantitative estimate of drug-likeness (QED) is 0.726. The van der Waals surface area contributed by atoms with E-state index in [9.17, 15) is 0 Å². The van der Waals surface area contributed by atoms with E-state index < -0.39 is 0 Å². The van der Waals surface area contributed by atoms with E-state index in [1.807, 2.05) is 0 Å². The fourth-order valence-corrected chi connectivity index (χ4v) is 4.04. The predicted octanol–water partition coefficient (Wildman–Crippen LogP) is 2.67. The van der Waals surface area contributed by atoms with E-state index in [4.69, 9.17) is 0 Å². The number of hydrogen-bond donors (Lipinski definition) is 1. The van der Waals surface area contributed by atoms with Crippen LogP contribution in [0, 0.1) is 29.6 Å². The summed E-state index contributed by atoms with van der Waals surface area (Å²) in [6.45, 7) is 7.00. The number of fused-ring (bicyclic) bond motifs is 5. The zero-order valence-electron chi connectivity index (χ0n) is 9.66. The average Bonchev–Trinajstić information content (AvgIpc) is 2.59. The molecule has 0 aromatic carbocycles. The van der Waals surface area contributed by atoms with Crippen molar-refractivity contribution in [3.8, 4) is 0 Å². The molecule has 3 aliphatic rings. The molecule has 0 radical (unpaired) electrons. The van der Waals surface area contributed by atoms with Crippen LogP contribution in [0.5, 0.6) is 0 Å². The summed E-state index contributed by atoms with van der Waals surface area (Å²) in [6.07, 6.45) is 4.66. The van der Waals surface area contributed by atoms with Crippen molar-refractivity contribution in [2.45, 2.75) is 52.1 Å². The Morgan fingerprint density at radius 3 is 2.07 bits per heavy atom.